The third-order valence-corrected chi connectivity index (χ3v) is 5.82. The van der Waals surface area contributed by atoms with Crippen molar-refractivity contribution in [1.82, 2.24) is 19.7 Å². The van der Waals surface area contributed by atoms with Crippen molar-refractivity contribution in [2.24, 2.45) is 0 Å². The predicted octanol–water partition coefficient (Wildman–Crippen LogP) is 3.34. The zero-order valence-corrected chi connectivity index (χ0v) is 17.8. The van der Waals surface area contributed by atoms with Crippen LogP contribution in [0, 0.1) is 6.92 Å². The van der Waals surface area contributed by atoms with Gasteiger partial charge in [-0.2, -0.15) is 0 Å². The second-order valence-corrected chi connectivity index (χ2v) is 7.95. The molecule has 0 amide bonds. The van der Waals surface area contributed by atoms with Gasteiger partial charge in [0.15, 0.2) is 11.4 Å². The van der Waals surface area contributed by atoms with E-state index >= 15 is 0 Å². The maximum atomic E-state index is 12.9. The summed E-state index contributed by atoms with van der Waals surface area (Å²) in [5.74, 6) is 0.461. The van der Waals surface area contributed by atoms with E-state index in [0.29, 0.717) is 16.8 Å². The lowest BCUT2D eigenvalue weighted by molar-refractivity contribution is 0.518. The fraction of sp³-hybridized carbons (Fsp3) is 0.292. The highest BCUT2D eigenvalue weighted by atomic mass is 16.4. The average molecular weight is 415 g/mol. The second-order valence-electron chi connectivity index (χ2n) is 7.95. The second kappa shape index (κ2) is 7.67. The number of piperazine rings is 1. The van der Waals surface area contributed by atoms with Crippen LogP contribution in [0.3, 0.4) is 0 Å². The van der Waals surface area contributed by atoms with Crippen LogP contribution >= 0.6 is 0 Å². The molecule has 7 nitrogen and oxygen atoms in total. The van der Waals surface area contributed by atoms with Crippen LogP contribution in [0.4, 0.5) is 5.69 Å². The first-order valence-corrected chi connectivity index (χ1v) is 10.6. The predicted molar refractivity (Wildman–Crippen MR) is 123 cm³/mol. The number of anilines is 1. The van der Waals surface area contributed by atoms with Crippen molar-refractivity contribution in [2.45, 2.75) is 26.3 Å². The van der Waals surface area contributed by atoms with Crippen LogP contribution in [0.15, 0.2) is 58.5 Å². The molecule has 0 saturated carbocycles. The van der Waals surface area contributed by atoms with Crippen molar-refractivity contribution >= 4 is 22.1 Å². The van der Waals surface area contributed by atoms with E-state index in [4.69, 9.17) is 9.40 Å². The first-order chi connectivity index (χ1) is 15.1. The van der Waals surface area contributed by atoms with E-state index in [2.05, 4.69) is 34.8 Å². The monoisotopic (exact) mass is 415 g/mol. The van der Waals surface area contributed by atoms with Gasteiger partial charge in [0.25, 0.3) is 0 Å². The quantitative estimate of drug-likeness (QED) is 0.515. The summed E-state index contributed by atoms with van der Waals surface area (Å²) < 4.78 is 7.64. The summed E-state index contributed by atoms with van der Waals surface area (Å²) in [6.07, 6.45) is 6.52. The summed E-state index contributed by atoms with van der Waals surface area (Å²) in [4.78, 5) is 24.4. The molecular weight excluding hydrogens is 390 g/mol. The number of aryl methyl sites for hydroxylation is 2. The lowest BCUT2D eigenvalue weighted by Gasteiger charge is -2.34. The van der Waals surface area contributed by atoms with E-state index in [0.717, 1.165) is 54.2 Å². The Kier molecular flexibility index (Phi) is 4.82. The van der Waals surface area contributed by atoms with Gasteiger partial charge in [-0.05, 0) is 36.9 Å². The Hall–Kier alpha value is -3.45. The van der Waals surface area contributed by atoms with Crippen molar-refractivity contribution in [1.29, 1.82) is 0 Å². The molecule has 1 aromatic carbocycles. The minimum atomic E-state index is -0.355. The van der Waals surface area contributed by atoms with E-state index in [1.54, 1.807) is 0 Å². The van der Waals surface area contributed by atoms with Gasteiger partial charge in [0.2, 0.25) is 0 Å². The van der Waals surface area contributed by atoms with Gasteiger partial charge in [0, 0.05) is 43.8 Å². The molecule has 1 atom stereocenters. The van der Waals surface area contributed by atoms with Gasteiger partial charge in [-0.1, -0.05) is 19.1 Å². The molecule has 1 aliphatic heterocycles. The molecule has 1 aliphatic rings. The van der Waals surface area contributed by atoms with Gasteiger partial charge in [-0.3, -0.25) is 4.98 Å². The van der Waals surface area contributed by atoms with Crippen LogP contribution in [0.1, 0.15) is 18.3 Å². The summed E-state index contributed by atoms with van der Waals surface area (Å²) in [5.41, 5.74) is 3.92. The standard InChI is InChI=1S/C24H25N5O2/c1-4-17-13-28(9-8-25-17)18-7-6-16-10-22(31-24(30)19(16)11-18)21-14-29-12-15(3)26-20(5-2)23(29)27-21/h4,6-7,10-12,14,17,25H,1,5,8-9,13H2,2-3H3/t17-/m1/s1. The van der Waals surface area contributed by atoms with Crippen LogP contribution < -0.4 is 15.8 Å². The summed E-state index contributed by atoms with van der Waals surface area (Å²) in [6.45, 7) is 10.5. The summed E-state index contributed by atoms with van der Waals surface area (Å²) >= 11 is 0. The Labute approximate surface area is 180 Å². The Bertz CT molecular complexity index is 1350. The molecular formula is C24H25N5O2. The van der Waals surface area contributed by atoms with Crippen LogP contribution in [0.5, 0.6) is 0 Å². The van der Waals surface area contributed by atoms with E-state index in [1.165, 1.54) is 0 Å². The Morgan fingerprint density at radius 3 is 2.97 bits per heavy atom. The van der Waals surface area contributed by atoms with Gasteiger partial charge >= 0.3 is 5.63 Å². The number of hydrogen-bond acceptors (Lipinski definition) is 6. The molecule has 0 bridgehead atoms. The van der Waals surface area contributed by atoms with Crippen molar-refractivity contribution in [3.05, 3.63) is 71.1 Å². The highest BCUT2D eigenvalue weighted by Gasteiger charge is 2.19. The zero-order chi connectivity index (χ0) is 21.5. The van der Waals surface area contributed by atoms with Gasteiger partial charge in [0.1, 0.15) is 5.69 Å². The molecule has 0 spiro atoms. The number of aromatic nitrogens is 3. The molecule has 158 valence electrons. The number of rotatable bonds is 4. The SMILES string of the molecule is C=C[C@@H]1CN(c2ccc3cc(-c4cn5cc(C)nc(CC)c5n4)oc(=O)c3c2)CCN1. The van der Waals surface area contributed by atoms with Crippen LogP contribution in [0.2, 0.25) is 0 Å². The fourth-order valence-corrected chi connectivity index (χ4v) is 4.22. The number of nitrogens with one attached hydrogen (secondary N) is 1. The molecule has 0 radical (unpaired) electrons. The first kappa shape index (κ1) is 19.5. The minimum absolute atomic E-state index is 0.240. The maximum absolute atomic E-state index is 12.9. The topological polar surface area (TPSA) is 75.7 Å². The smallest absolute Gasteiger partial charge is 0.344 e. The summed E-state index contributed by atoms with van der Waals surface area (Å²) in [7, 11) is 0. The van der Waals surface area contributed by atoms with Gasteiger partial charge in [-0.25, -0.2) is 9.78 Å². The molecule has 1 N–H and O–H groups in total. The maximum Gasteiger partial charge on any atom is 0.344 e. The number of benzene rings is 1. The fourth-order valence-electron chi connectivity index (χ4n) is 4.22. The van der Waals surface area contributed by atoms with Crippen LogP contribution in [-0.2, 0) is 6.42 Å². The van der Waals surface area contributed by atoms with Gasteiger partial charge < -0.3 is 19.0 Å². The Balaban J connectivity index is 1.55. The molecule has 1 saturated heterocycles. The van der Waals surface area contributed by atoms with Crippen molar-refractivity contribution < 1.29 is 4.42 Å². The highest BCUT2D eigenvalue weighted by Crippen LogP contribution is 2.26. The van der Waals surface area contributed by atoms with Crippen molar-refractivity contribution in [3.8, 4) is 11.5 Å². The molecule has 0 unspecified atom stereocenters. The molecule has 5 rings (SSSR count). The zero-order valence-electron chi connectivity index (χ0n) is 17.8. The van der Waals surface area contributed by atoms with E-state index in [9.17, 15) is 4.79 Å². The van der Waals surface area contributed by atoms with E-state index < -0.39 is 0 Å². The normalized spacial score (nSPS) is 16.8. The number of nitrogens with zero attached hydrogens (tertiary/aromatic N) is 4. The minimum Gasteiger partial charge on any atom is -0.421 e. The molecule has 0 aliphatic carbocycles. The third-order valence-electron chi connectivity index (χ3n) is 5.82. The molecule has 3 aromatic heterocycles. The lowest BCUT2D eigenvalue weighted by Crippen LogP contribution is -2.49. The van der Waals surface area contributed by atoms with E-state index in [1.807, 2.05) is 48.0 Å². The highest BCUT2D eigenvalue weighted by molar-refractivity contribution is 5.87. The first-order valence-electron chi connectivity index (χ1n) is 10.6. The molecule has 31 heavy (non-hydrogen) atoms. The molecule has 4 aromatic rings. The summed E-state index contributed by atoms with van der Waals surface area (Å²) in [5, 5.41) is 4.83. The number of fused-ring (bicyclic) bond motifs is 2. The Morgan fingerprint density at radius 2 is 2.16 bits per heavy atom. The van der Waals surface area contributed by atoms with Crippen molar-refractivity contribution in [3.63, 3.8) is 0 Å². The number of hydrogen-bond donors (Lipinski definition) is 1. The molecule has 7 heteroatoms. The van der Waals surface area contributed by atoms with E-state index in [-0.39, 0.29) is 11.7 Å². The molecule has 4 heterocycles. The average Bonchev–Trinajstić information content (AvgIpc) is 3.22. The third kappa shape index (κ3) is 3.51. The summed E-state index contributed by atoms with van der Waals surface area (Å²) in [6, 6.07) is 8.09. The van der Waals surface area contributed by atoms with Gasteiger partial charge in [0.05, 0.1) is 16.8 Å². The largest absolute Gasteiger partial charge is 0.421 e. The van der Waals surface area contributed by atoms with Crippen molar-refractivity contribution in [2.75, 3.05) is 24.5 Å². The lowest BCUT2D eigenvalue weighted by atomic mass is 10.1. The molecule has 1 fully saturated rings. The van der Waals surface area contributed by atoms with Crippen LogP contribution in [-0.4, -0.2) is 40.0 Å². The Morgan fingerprint density at radius 1 is 1.29 bits per heavy atom. The van der Waals surface area contributed by atoms with Gasteiger partial charge in [-0.15, -0.1) is 6.58 Å². The number of imidazole rings is 1. The van der Waals surface area contributed by atoms with Crippen LogP contribution in [0.25, 0.3) is 27.9 Å².